The van der Waals surface area contributed by atoms with E-state index >= 15 is 0 Å². The summed E-state index contributed by atoms with van der Waals surface area (Å²) in [4.78, 5) is 12.2. The molecule has 2 aromatic rings. The topological polar surface area (TPSA) is 62.5 Å². The van der Waals surface area contributed by atoms with Crippen LogP contribution in [0.1, 0.15) is 34.5 Å². The maximum atomic E-state index is 12.2. The average Bonchev–Trinajstić information content (AvgIpc) is 3.19. The minimum atomic E-state index is -1.11. The van der Waals surface area contributed by atoms with Gasteiger partial charge in [-0.25, -0.2) is 0 Å². The molecule has 1 heterocycles. The molecule has 1 unspecified atom stereocenters. The summed E-state index contributed by atoms with van der Waals surface area (Å²) in [6, 6.07) is 10.9. The molecule has 0 saturated heterocycles. The zero-order valence-electron chi connectivity index (χ0n) is 12.0. The van der Waals surface area contributed by atoms with E-state index in [9.17, 15) is 9.90 Å². The van der Waals surface area contributed by atoms with E-state index < -0.39 is 5.60 Å². The van der Waals surface area contributed by atoms with Crippen molar-refractivity contribution in [2.45, 2.75) is 25.4 Å². The molecule has 0 spiro atoms. The first kappa shape index (κ1) is 13.9. The Kier molecular flexibility index (Phi) is 3.55. The van der Waals surface area contributed by atoms with Crippen LogP contribution in [0.3, 0.4) is 0 Å². The zero-order valence-corrected chi connectivity index (χ0v) is 12.0. The Hall–Kier alpha value is -2.07. The molecule has 1 aromatic heterocycles. The van der Waals surface area contributed by atoms with Crippen molar-refractivity contribution in [3.8, 4) is 0 Å². The Balaban J connectivity index is 1.72. The molecule has 3 rings (SSSR count). The summed E-state index contributed by atoms with van der Waals surface area (Å²) in [5, 5.41) is 13.7. The van der Waals surface area contributed by atoms with E-state index in [0.717, 1.165) is 18.4 Å². The first-order chi connectivity index (χ1) is 10.1. The summed E-state index contributed by atoms with van der Waals surface area (Å²) in [6.45, 7) is 2.11. The fraction of sp³-hybridized carbons (Fsp3) is 0.353. The van der Waals surface area contributed by atoms with Gasteiger partial charge in [-0.1, -0.05) is 17.7 Å². The van der Waals surface area contributed by atoms with Crippen molar-refractivity contribution in [3.05, 3.63) is 59.5 Å². The van der Waals surface area contributed by atoms with Gasteiger partial charge in [-0.05, 0) is 49.9 Å². The number of aliphatic hydroxyl groups is 1. The lowest BCUT2D eigenvalue weighted by Gasteiger charge is -2.26. The van der Waals surface area contributed by atoms with E-state index in [0.29, 0.717) is 11.3 Å². The number of amides is 1. The average molecular weight is 285 g/mol. The first-order valence-electron chi connectivity index (χ1n) is 7.21. The molecule has 0 aliphatic heterocycles. The Morgan fingerprint density at radius 3 is 2.81 bits per heavy atom. The lowest BCUT2D eigenvalue weighted by molar-refractivity contribution is -0.00610. The monoisotopic (exact) mass is 285 g/mol. The van der Waals surface area contributed by atoms with Gasteiger partial charge in [0.1, 0.15) is 11.4 Å². The highest BCUT2D eigenvalue weighted by molar-refractivity contribution is 5.94. The fourth-order valence-corrected chi connectivity index (χ4v) is 2.62. The van der Waals surface area contributed by atoms with Gasteiger partial charge < -0.3 is 14.8 Å². The van der Waals surface area contributed by atoms with Crippen molar-refractivity contribution in [2.24, 2.45) is 5.92 Å². The van der Waals surface area contributed by atoms with Gasteiger partial charge in [-0.15, -0.1) is 0 Å². The van der Waals surface area contributed by atoms with Crippen molar-refractivity contribution in [3.63, 3.8) is 0 Å². The van der Waals surface area contributed by atoms with E-state index in [2.05, 4.69) is 5.32 Å². The molecule has 2 N–H and O–H groups in total. The number of carbonyl (C=O) groups excluding carboxylic acids is 1. The zero-order chi connectivity index (χ0) is 14.9. The minimum Gasteiger partial charge on any atom is -0.466 e. The van der Waals surface area contributed by atoms with Crippen LogP contribution in [-0.2, 0) is 5.60 Å². The van der Waals surface area contributed by atoms with Crippen LogP contribution in [0.15, 0.2) is 47.1 Å². The second kappa shape index (κ2) is 5.37. The van der Waals surface area contributed by atoms with Crippen molar-refractivity contribution >= 4 is 5.91 Å². The van der Waals surface area contributed by atoms with Crippen LogP contribution in [0.25, 0.3) is 0 Å². The summed E-state index contributed by atoms with van der Waals surface area (Å²) in [7, 11) is 0. The quantitative estimate of drug-likeness (QED) is 0.887. The number of rotatable bonds is 5. The summed E-state index contributed by atoms with van der Waals surface area (Å²) >= 11 is 0. The van der Waals surface area contributed by atoms with Gasteiger partial charge in [0.05, 0.1) is 12.8 Å². The van der Waals surface area contributed by atoms with Gasteiger partial charge >= 0.3 is 0 Å². The molecule has 1 aromatic carbocycles. The highest BCUT2D eigenvalue weighted by atomic mass is 16.4. The molecule has 110 valence electrons. The number of hydrogen-bond donors (Lipinski definition) is 2. The second-order valence-corrected chi connectivity index (χ2v) is 5.73. The minimum absolute atomic E-state index is 0.154. The Labute approximate surface area is 123 Å². The number of benzene rings is 1. The fourth-order valence-electron chi connectivity index (χ4n) is 2.62. The molecule has 21 heavy (non-hydrogen) atoms. The van der Waals surface area contributed by atoms with Crippen LogP contribution in [0.4, 0.5) is 0 Å². The summed E-state index contributed by atoms with van der Waals surface area (Å²) < 4.78 is 5.36. The third-order valence-corrected chi connectivity index (χ3v) is 4.00. The maximum absolute atomic E-state index is 12.2. The summed E-state index contributed by atoms with van der Waals surface area (Å²) in [5.41, 5.74) is 0.530. The van der Waals surface area contributed by atoms with E-state index in [1.165, 1.54) is 0 Å². The van der Waals surface area contributed by atoms with Crippen LogP contribution in [0.2, 0.25) is 0 Å². The molecule has 4 heteroatoms. The molecule has 0 radical (unpaired) electrons. The van der Waals surface area contributed by atoms with Gasteiger partial charge in [-0.2, -0.15) is 0 Å². The van der Waals surface area contributed by atoms with E-state index in [1.54, 1.807) is 24.5 Å². The van der Waals surface area contributed by atoms with E-state index in [4.69, 9.17) is 4.42 Å². The predicted molar refractivity (Wildman–Crippen MR) is 78.8 cm³/mol. The SMILES string of the molecule is Cc1cccc(C(=O)NCC(O)(c2ccco2)C2CC2)c1. The van der Waals surface area contributed by atoms with Crippen LogP contribution in [0.5, 0.6) is 0 Å². The van der Waals surface area contributed by atoms with Gasteiger partial charge in [-0.3, -0.25) is 4.79 Å². The molecule has 1 saturated carbocycles. The molecule has 1 atom stereocenters. The molecular weight excluding hydrogens is 266 g/mol. The lowest BCUT2D eigenvalue weighted by atomic mass is 9.94. The number of aryl methyl sites for hydroxylation is 1. The number of hydrogen-bond acceptors (Lipinski definition) is 3. The first-order valence-corrected chi connectivity index (χ1v) is 7.21. The third-order valence-electron chi connectivity index (χ3n) is 4.00. The highest BCUT2D eigenvalue weighted by Crippen LogP contribution is 2.45. The standard InChI is InChI=1S/C17H19NO3/c1-12-4-2-5-13(10-12)16(19)18-11-17(20,14-7-8-14)15-6-3-9-21-15/h2-6,9-10,14,20H,7-8,11H2,1H3,(H,18,19). The number of carbonyl (C=O) groups is 1. The predicted octanol–water partition coefficient (Wildman–Crippen LogP) is 2.62. The van der Waals surface area contributed by atoms with Gasteiger partial charge in [0.15, 0.2) is 0 Å². The van der Waals surface area contributed by atoms with Crippen LogP contribution in [-0.4, -0.2) is 17.6 Å². The van der Waals surface area contributed by atoms with Crippen molar-refractivity contribution in [1.82, 2.24) is 5.32 Å². The van der Waals surface area contributed by atoms with Gasteiger partial charge in [0, 0.05) is 5.56 Å². The lowest BCUT2D eigenvalue weighted by Crippen LogP contribution is -2.42. The van der Waals surface area contributed by atoms with Crippen molar-refractivity contribution in [1.29, 1.82) is 0 Å². The third kappa shape index (κ3) is 2.85. The van der Waals surface area contributed by atoms with Crippen LogP contribution >= 0.6 is 0 Å². The Morgan fingerprint density at radius 2 is 2.19 bits per heavy atom. The normalized spacial score (nSPS) is 17.2. The molecule has 1 amide bonds. The van der Waals surface area contributed by atoms with Crippen LogP contribution < -0.4 is 5.32 Å². The molecular formula is C17H19NO3. The maximum Gasteiger partial charge on any atom is 0.251 e. The highest BCUT2D eigenvalue weighted by Gasteiger charge is 2.47. The molecule has 1 aliphatic carbocycles. The van der Waals surface area contributed by atoms with Gasteiger partial charge in [0.2, 0.25) is 0 Å². The second-order valence-electron chi connectivity index (χ2n) is 5.73. The van der Waals surface area contributed by atoms with Crippen molar-refractivity contribution in [2.75, 3.05) is 6.54 Å². The number of furan rings is 1. The van der Waals surface area contributed by atoms with Crippen LogP contribution in [0, 0.1) is 12.8 Å². The molecule has 4 nitrogen and oxygen atoms in total. The molecule has 1 fully saturated rings. The van der Waals surface area contributed by atoms with E-state index in [1.807, 2.05) is 25.1 Å². The molecule has 0 bridgehead atoms. The van der Waals surface area contributed by atoms with Crippen molar-refractivity contribution < 1.29 is 14.3 Å². The number of nitrogens with one attached hydrogen (secondary N) is 1. The summed E-state index contributed by atoms with van der Waals surface area (Å²) in [5.74, 6) is 0.500. The molecule has 1 aliphatic rings. The van der Waals surface area contributed by atoms with Gasteiger partial charge in [0.25, 0.3) is 5.91 Å². The summed E-state index contributed by atoms with van der Waals surface area (Å²) in [6.07, 6.45) is 3.46. The van der Waals surface area contributed by atoms with E-state index in [-0.39, 0.29) is 18.4 Å². The Morgan fingerprint density at radius 1 is 1.38 bits per heavy atom. The largest absolute Gasteiger partial charge is 0.466 e. The Bertz CT molecular complexity index is 631. The smallest absolute Gasteiger partial charge is 0.251 e.